The Morgan fingerprint density at radius 1 is 0.824 bits per heavy atom. The molecule has 34 heavy (non-hydrogen) atoms. The first kappa shape index (κ1) is 23.2. The smallest absolute Gasteiger partial charge is 0.418 e. The van der Waals surface area contributed by atoms with Gasteiger partial charge in [-0.15, -0.1) is 11.3 Å². The van der Waals surface area contributed by atoms with Crippen LogP contribution in [-0.4, -0.2) is 11.9 Å². The molecule has 0 aliphatic carbocycles. The second-order valence-corrected chi connectivity index (χ2v) is 8.01. The van der Waals surface area contributed by atoms with Crippen molar-refractivity contribution >= 4 is 43.4 Å². The van der Waals surface area contributed by atoms with Crippen LogP contribution in [0, 0.1) is 5.82 Å². The summed E-state index contributed by atoms with van der Waals surface area (Å²) in [6.07, 6.45) is -2.93. The van der Waals surface area contributed by atoms with E-state index in [1.165, 1.54) is 48.5 Å². The Hall–Kier alpha value is -3.98. The molecule has 4 aromatic rings. The van der Waals surface area contributed by atoms with Gasteiger partial charge in [-0.1, -0.05) is 37.4 Å². The summed E-state index contributed by atoms with van der Waals surface area (Å²) in [7, 11) is 0. The summed E-state index contributed by atoms with van der Waals surface area (Å²) in [6, 6.07) is 10.9. The van der Waals surface area contributed by atoms with Crippen molar-refractivity contribution in [3.63, 3.8) is 0 Å². The molecule has 1 aromatic heterocycles. The molecule has 0 aliphatic rings. The van der Waals surface area contributed by atoms with E-state index in [0.717, 1.165) is 12.2 Å². The molecule has 0 saturated carbocycles. The van der Waals surface area contributed by atoms with Crippen LogP contribution in [0.3, 0.4) is 0 Å². The quantitative estimate of drug-likeness (QED) is 0.131. The van der Waals surface area contributed by atoms with Crippen molar-refractivity contribution in [2.75, 3.05) is 0 Å². The Labute approximate surface area is 194 Å². The van der Waals surface area contributed by atoms with Crippen molar-refractivity contribution in [2.45, 2.75) is 6.18 Å². The third kappa shape index (κ3) is 4.17. The Morgan fingerprint density at radius 3 is 2.03 bits per heavy atom. The van der Waals surface area contributed by atoms with Crippen LogP contribution < -0.4 is 9.47 Å². The number of alkyl halides is 3. The van der Waals surface area contributed by atoms with Gasteiger partial charge in [-0.2, -0.15) is 13.2 Å². The monoisotopic (exact) mass is 486 g/mol. The lowest BCUT2D eigenvalue weighted by atomic mass is 9.97. The molecule has 0 aliphatic heterocycles. The minimum atomic E-state index is -4.75. The van der Waals surface area contributed by atoms with Crippen molar-refractivity contribution < 1.29 is 36.6 Å². The van der Waals surface area contributed by atoms with Gasteiger partial charge in [0.2, 0.25) is 0 Å². The number of halogens is 4. The van der Waals surface area contributed by atoms with Crippen molar-refractivity contribution in [3.8, 4) is 22.6 Å². The largest absolute Gasteiger partial charge is 0.423 e. The maximum Gasteiger partial charge on any atom is 0.418 e. The normalized spacial score (nSPS) is 11.4. The number of rotatable bonds is 5. The van der Waals surface area contributed by atoms with Crippen molar-refractivity contribution in [1.82, 2.24) is 0 Å². The van der Waals surface area contributed by atoms with E-state index >= 15 is 4.39 Å². The highest BCUT2D eigenvalue weighted by Gasteiger charge is 2.37. The summed E-state index contributed by atoms with van der Waals surface area (Å²) in [5.41, 5.74) is -0.816. The molecule has 3 aromatic carbocycles. The second kappa shape index (κ2) is 8.75. The van der Waals surface area contributed by atoms with E-state index in [2.05, 4.69) is 13.2 Å². The molecule has 0 saturated heterocycles. The molecule has 4 nitrogen and oxygen atoms in total. The van der Waals surface area contributed by atoms with Crippen molar-refractivity contribution in [3.05, 3.63) is 85.2 Å². The van der Waals surface area contributed by atoms with E-state index in [9.17, 15) is 22.8 Å². The highest BCUT2D eigenvalue weighted by atomic mass is 32.1. The van der Waals surface area contributed by atoms with E-state index in [0.29, 0.717) is 11.3 Å². The first-order valence-corrected chi connectivity index (χ1v) is 10.5. The van der Waals surface area contributed by atoms with Gasteiger partial charge in [0.15, 0.2) is 11.6 Å². The standard InChI is InChI=1S/C25H14F4O4S/c1-3-19(30)32-14-7-5-13(6-8-14)15-9-10-16-17-11-12-18(33-20(31)4-2)22(26)24(17)34-23(16)21(15)25(27,28)29/h3-12H,1-2H2. The molecule has 0 amide bonds. The lowest BCUT2D eigenvalue weighted by molar-refractivity contribution is -0.135. The highest BCUT2D eigenvalue weighted by Crippen LogP contribution is 2.48. The van der Waals surface area contributed by atoms with Crippen molar-refractivity contribution in [2.24, 2.45) is 0 Å². The van der Waals surface area contributed by atoms with Crippen LogP contribution in [0.4, 0.5) is 17.6 Å². The lowest BCUT2D eigenvalue weighted by Crippen LogP contribution is -2.07. The van der Waals surface area contributed by atoms with E-state index in [1.807, 2.05) is 0 Å². The highest BCUT2D eigenvalue weighted by molar-refractivity contribution is 7.26. The van der Waals surface area contributed by atoms with E-state index in [1.54, 1.807) is 0 Å². The first-order chi connectivity index (χ1) is 16.1. The fourth-order valence-corrected chi connectivity index (χ4v) is 4.76. The molecule has 1 heterocycles. The number of hydrogen-bond acceptors (Lipinski definition) is 5. The zero-order valence-corrected chi connectivity index (χ0v) is 18.1. The fraction of sp³-hybridized carbons (Fsp3) is 0.0400. The van der Waals surface area contributed by atoms with Gasteiger partial charge < -0.3 is 9.47 Å². The summed E-state index contributed by atoms with van der Waals surface area (Å²) < 4.78 is 67.3. The van der Waals surface area contributed by atoms with Crippen LogP contribution in [0.2, 0.25) is 0 Å². The van der Waals surface area contributed by atoms with Crippen LogP contribution in [0.25, 0.3) is 31.3 Å². The zero-order chi connectivity index (χ0) is 24.6. The molecule has 0 atom stereocenters. The van der Waals surface area contributed by atoms with Gasteiger partial charge in [0.1, 0.15) is 5.75 Å². The van der Waals surface area contributed by atoms with Crippen LogP contribution in [0.1, 0.15) is 5.56 Å². The number of carbonyl (C=O) groups excluding carboxylic acids is 2. The minimum Gasteiger partial charge on any atom is -0.423 e. The number of carbonyl (C=O) groups is 2. The first-order valence-electron chi connectivity index (χ1n) is 9.68. The van der Waals surface area contributed by atoms with Gasteiger partial charge in [-0.05, 0) is 35.4 Å². The molecule has 0 bridgehead atoms. The van der Waals surface area contributed by atoms with Gasteiger partial charge in [-0.3, -0.25) is 0 Å². The molecule has 0 unspecified atom stereocenters. The third-order valence-electron chi connectivity index (χ3n) is 4.92. The SMILES string of the molecule is C=CC(=O)Oc1ccc(-c2ccc3c(sc4c(F)c(OC(=O)C=C)ccc43)c2C(F)(F)F)cc1. The molecule has 0 spiro atoms. The zero-order valence-electron chi connectivity index (χ0n) is 17.2. The van der Waals surface area contributed by atoms with Gasteiger partial charge in [0.05, 0.1) is 10.3 Å². The fourth-order valence-electron chi connectivity index (χ4n) is 3.46. The van der Waals surface area contributed by atoms with Crippen LogP contribution in [0.5, 0.6) is 11.5 Å². The Kier molecular flexibility index (Phi) is 5.97. The van der Waals surface area contributed by atoms with Crippen LogP contribution >= 0.6 is 11.3 Å². The van der Waals surface area contributed by atoms with Gasteiger partial charge in [0.25, 0.3) is 0 Å². The summed E-state index contributed by atoms with van der Waals surface area (Å²) >= 11 is 0.621. The predicted molar refractivity (Wildman–Crippen MR) is 121 cm³/mol. The molecule has 9 heteroatoms. The number of benzene rings is 3. The van der Waals surface area contributed by atoms with Crippen LogP contribution in [0.15, 0.2) is 73.8 Å². The second-order valence-electron chi connectivity index (χ2n) is 6.99. The molecular weight excluding hydrogens is 472 g/mol. The number of esters is 2. The van der Waals surface area contributed by atoms with Crippen molar-refractivity contribution in [1.29, 1.82) is 0 Å². The number of fused-ring (bicyclic) bond motifs is 3. The Morgan fingerprint density at radius 2 is 1.41 bits per heavy atom. The molecular formula is C25H14F4O4S. The maximum atomic E-state index is 15.0. The molecule has 172 valence electrons. The predicted octanol–water partition coefficient (Wildman–Crippen LogP) is 7.06. The lowest BCUT2D eigenvalue weighted by Gasteiger charge is -2.14. The molecule has 0 radical (unpaired) electrons. The van der Waals surface area contributed by atoms with Gasteiger partial charge in [-0.25, -0.2) is 14.0 Å². The average molecular weight is 486 g/mol. The topological polar surface area (TPSA) is 52.6 Å². The Balaban J connectivity index is 1.90. The van der Waals surface area contributed by atoms with Gasteiger partial charge in [0, 0.05) is 27.6 Å². The van der Waals surface area contributed by atoms with Crippen LogP contribution in [-0.2, 0) is 15.8 Å². The summed E-state index contributed by atoms with van der Waals surface area (Å²) in [6.45, 7) is 6.52. The van der Waals surface area contributed by atoms with E-state index in [4.69, 9.17) is 9.47 Å². The molecule has 0 fully saturated rings. The molecule has 0 N–H and O–H groups in total. The van der Waals surface area contributed by atoms with E-state index < -0.39 is 35.2 Å². The molecule has 4 rings (SSSR count). The number of ether oxygens (including phenoxy) is 2. The Bertz CT molecular complexity index is 1470. The summed E-state index contributed by atoms with van der Waals surface area (Å²) in [5.74, 6) is -2.77. The maximum absolute atomic E-state index is 15.0. The summed E-state index contributed by atoms with van der Waals surface area (Å²) in [4.78, 5) is 22.8. The average Bonchev–Trinajstić information content (AvgIpc) is 3.19. The number of thiophene rings is 1. The summed E-state index contributed by atoms with van der Waals surface area (Å²) in [5, 5.41) is 0.479. The number of hydrogen-bond donors (Lipinski definition) is 0. The van der Waals surface area contributed by atoms with Gasteiger partial charge >= 0.3 is 18.1 Å². The van der Waals surface area contributed by atoms with E-state index in [-0.39, 0.29) is 37.0 Å². The minimum absolute atomic E-state index is 0.0707. The third-order valence-corrected chi connectivity index (χ3v) is 6.16.